The van der Waals surface area contributed by atoms with Crippen LogP contribution in [0.1, 0.15) is 32.6 Å². The average Bonchev–Trinajstić information content (AvgIpc) is 2.86. The summed E-state index contributed by atoms with van der Waals surface area (Å²) in [5.41, 5.74) is 1.26. The van der Waals surface area contributed by atoms with E-state index in [-0.39, 0.29) is 0 Å². The van der Waals surface area contributed by atoms with Gasteiger partial charge in [-0.3, -0.25) is 4.98 Å². The molecule has 1 fully saturated rings. The number of aromatic nitrogens is 1. The fourth-order valence-electron chi connectivity index (χ4n) is 3.16. The molecule has 3 rings (SSSR count). The molecule has 1 aromatic carbocycles. The Balaban J connectivity index is 1.90. The zero-order valence-electron chi connectivity index (χ0n) is 10.9. The molecule has 1 aromatic heterocycles. The third kappa shape index (κ3) is 2.07. The molecule has 2 aromatic rings. The van der Waals surface area contributed by atoms with Crippen molar-refractivity contribution >= 4 is 16.5 Å². The lowest BCUT2D eigenvalue weighted by Crippen LogP contribution is -2.23. The van der Waals surface area contributed by atoms with Crippen molar-refractivity contribution in [3.8, 4) is 0 Å². The third-order valence-corrected chi connectivity index (χ3v) is 4.21. The van der Waals surface area contributed by atoms with Crippen LogP contribution in [-0.2, 0) is 0 Å². The van der Waals surface area contributed by atoms with Crippen molar-refractivity contribution in [3.63, 3.8) is 0 Å². The standard InChI is InChI=1S/C16H20N2/c1-2-12-5-3-7-15(12)18-16-8-4-6-13-11-17-10-9-14(13)16/h4,6,8-12,15,18H,2-3,5,7H2,1H3. The van der Waals surface area contributed by atoms with Crippen LogP contribution in [0.5, 0.6) is 0 Å². The lowest BCUT2D eigenvalue weighted by molar-refractivity contribution is 0.489. The van der Waals surface area contributed by atoms with Crippen molar-refractivity contribution in [3.05, 3.63) is 36.7 Å². The van der Waals surface area contributed by atoms with Crippen LogP contribution in [0.2, 0.25) is 0 Å². The van der Waals surface area contributed by atoms with Gasteiger partial charge in [-0.15, -0.1) is 0 Å². The van der Waals surface area contributed by atoms with Crippen LogP contribution in [0.25, 0.3) is 10.8 Å². The van der Waals surface area contributed by atoms with E-state index >= 15 is 0 Å². The first-order valence-electron chi connectivity index (χ1n) is 6.97. The first kappa shape index (κ1) is 11.5. The number of nitrogens with zero attached hydrogens (tertiary/aromatic N) is 1. The van der Waals surface area contributed by atoms with Gasteiger partial charge in [0.25, 0.3) is 0 Å². The fourth-order valence-corrected chi connectivity index (χ4v) is 3.16. The fraction of sp³-hybridized carbons (Fsp3) is 0.438. The van der Waals surface area contributed by atoms with E-state index in [1.54, 1.807) is 0 Å². The van der Waals surface area contributed by atoms with E-state index in [4.69, 9.17) is 0 Å². The summed E-state index contributed by atoms with van der Waals surface area (Å²) in [7, 11) is 0. The van der Waals surface area contributed by atoms with Crippen LogP contribution >= 0.6 is 0 Å². The number of benzene rings is 1. The largest absolute Gasteiger partial charge is 0.382 e. The van der Waals surface area contributed by atoms with Gasteiger partial charge >= 0.3 is 0 Å². The Morgan fingerprint density at radius 1 is 1.28 bits per heavy atom. The van der Waals surface area contributed by atoms with Crippen LogP contribution in [0.3, 0.4) is 0 Å². The van der Waals surface area contributed by atoms with E-state index in [0.29, 0.717) is 6.04 Å². The Kier molecular flexibility index (Phi) is 3.18. The van der Waals surface area contributed by atoms with Gasteiger partial charge in [-0.2, -0.15) is 0 Å². The Morgan fingerprint density at radius 3 is 3.11 bits per heavy atom. The molecule has 0 aliphatic heterocycles. The maximum Gasteiger partial charge on any atom is 0.0423 e. The van der Waals surface area contributed by atoms with Gasteiger partial charge in [0.1, 0.15) is 0 Å². The molecule has 0 amide bonds. The van der Waals surface area contributed by atoms with Gasteiger partial charge < -0.3 is 5.32 Å². The highest BCUT2D eigenvalue weighted by atomic mass is 14.9. The van der Waals surface area contributed by atoms with Gasteiger partial charge in [0.05, 0.1) is 0 Å². The minimum atomic E-state index is 0.647. The quantitative estimate of drug-likeness (QED) is 0.868. The lowest BCUT2D eigenvalue weighted by atomic mass is 10.00. The number of fused-ring (bicyclic) bond motifs is 1. The average molecular weight is 240 g/mol. The topological polar surface area (TPSA) is 24.9 Å². The predicted molar refractivity (Wildman–Crippen MR) is 76.8 cm³/mol. The molecule has 1 heterocycles. The smallest absolute Gasteiger partial charge is 0.0423 e. The van der Waals surface area contributed by atoms with Crippen LogP contribution in [0.4, 0.5) is 5.69 Å². The highest BCUT2D eigenvalue weighted by Crippen LogP contribution is 2.32. The van der Waals surface area contributed by atoms with Gasteiger partial charge in [-0.25, -0.2) is 0 Å². The monoisotopic (exact) mass is 240 g/mol. The molecule has 0 bridgehead atoms. The number of pyridine rings is 1. The Hall–Kier alpha value is -1.57. The zero-order valence-corrected chi connectivity index (χ0v) is 10.9. The van der Waals surface area contributed by atoms with Crippen LogP contribution in [0.15, 0.2) is 36.7 Å². The third-order valence-electron chi connectivity index (χ3n) is 4.21. The Labute approximate surface area is 108 Å². The molecular weight excluding hydrogens is 220 g/mol. The summed E-state index contributed by atoms with van der Waals surface area (Å²) in [5, 5.41) is 6.26. The first-order valence-corrected chi connectivity index (χ1v) is 6.97. The van der Waals surface area contributed by atoms with Gasteiger partial charge in [-0.05, 0) is 30.9 Å². The molecule has 2 unspecified atom stereocenters. The predicted octanol–water partition coefficient (Wildman–Crippen LogP) is 4.23. The van der Waals surface area contributed by atoms with E-state index in [9.17, 15) is 0 Å². The summed E-state index contributed by atoms with van der Waals surface area (Å²) < 4.78 is 0. The van der Waals surface area contributed by atoms with E-state index < -0.39 is 0 Å². The Morgan fingerprint density at radius 2 is 2.22 bits per heavy atom. The van der Waals surface area contributed by atoms with E-state index in [0.717, 1.165) is 5.92 Å². The molecule has 1 saturated carbocycles. The lowest BCUT2D eigenvalue weighted by Gasteiger charge is -2.21. The summed E-state index contributed by atoms with van der Waals surface area (Å²) >= 11 is 0. The van der Waals surface area contributed by atoms with Crippen molar-refractivity contribution in [2.75, 3.05) is 5.32 Å². The minimum absolute atomic E-state index is 0.647. The molecule has 2 nitrogen and oxygen atoms in total. The molecule has 94 valence electrons. The van der Waals surface area contributed by atoms with E-state index in [1.807, 2.05) is 12.4 Å². The summed E-state index contributed by atoms with van der Waals surface area (Å²) in [6.07, 6.45) is 9.14. The molecule has 1 aliphatic rings. The van der Waals surface area contributed by atoms with E-state index in [2.05, 4.69) is 41.5 Å². The van der Waals surface area contributed by atoms with Crippen LogP contribution < -0.4 is 5.32 Å². The van der Waals surface area contributed by atoms with Gasteiger partial charge in [0.15, 0.2) is 0 Å². The normalized spacial score (nSPS) is 23.4. The van der Waals surface area contributed by atoms with Crippen molar-refractivity contribution in [1.82, 2.24) is 4.98 Å². The number of hydrogen-bond acceptors (Lipinski definition) is 2. The molecule has 0 radical (unpaired) electrons. The molecule has 0 spiro atoms. The second-order valence-electron chi connectivity index (χ2n) is 5.25. The molecule has 2 atom stereocenters. The van der Waals surface area contributed by atoms with Crippen molar-refractivity contribution in [2.24, 2.45) is 5.92 Å². The van der Waals surface area contributed by atoms with Crippen molar-refractivity contribution < 1.29 is 0 Å². The van der Waals surface area contributed by atoms with Gasteiger partial charge in [-0.1, -0.05) is 31.9 Å². The highest BCUT2D eigenvalue weighted by Gasteiger charge is 2.25. The Bertz CT molecular complexity index is 530. The molecule has 18 heavy (non-hydrogen) atoms. The number of hydrogen-bond donors (Lipinski definition) is 1. The molecule has 1 N–H and O–H groups in total. The van der Waals surface area contributed by atoms with Crippen LogP contribution in [-0.4, -0.2) is 11.0 Å². The second kappa shape index (κ2) is 4.97. The highest BCUT2D eigenvalue weighted by molar-refractivity contribution is 5.93. The number of anilines is 1. The van der Waals surface area contributed by atoms with E-state index in [1.165, 1.54) is 42.1 Å². The van der Waals surface area contributed by atoms with Gasteiger partial charge in [0.2, 0.25) is 0 Å². The maximum absolute atomic E-state index is 4.19. The molecular formula is C16H20N2. The maximum atomic E-state index is 4.19. The van der Waals surface area contributed by atoms with Crippen LogP contribution in [0, 0.1) is 5.92 Å². The number of rotatable bonds is 3. The van der Waals surface area contributed by atoms with Gasteiger partial charge in [0, 0.05) is 34.9 Å². The second-order valence-corrected chi connectivity index (χ2v) is 5.25. The molecule has 1 aliphatic carbocycles. The van der Waals surface area contributed by atoms with Crippen molar-refractivity contribution in [2.45, 2.75) is 38.6 Å². The summed E-state index contributed by atoms with van der Waals surface area (Å²) in [6.45, 7) is 2.30. The molecule has 2 heteroatoms. The zero-order chi connectivity index (χ0) is 12.4. The number of nitrogens with one attached hydrogen (secondary N) is 1. The first-order chi connectivity index (χ1) is 8.88. The summed E-state index contributed by atoms with van der Waals surface area (Å²) in [6, 6.07) is 9.18. The summed E-state index contributed by atoms with van der Waals surface area (Å²) in [4.78, 5) is 4.19. The van der Waals surface area contributed by atoms with Crippen molar-refractivity contribution in [1.29, 1.82) is 0 Å². The summed E-state index contributed by atoms with van der Waals surface area (Å²) in [5.74, 6) is 0.835. The minimum Gasteiger partial charge on any atom is -0.382 e. The SMILES string of the molecule is CCC1CCCC1Nc1cccc2cnccc12. The molecule has 0 saturated heterocycles.